The first-order valence-electron chi connectivity index (χ1n) is 7.09. The van der Waals surface area contributed by atoms with Gasteiger partial charge in [-0.25, -0.2) is 0 Å². The van der Waals surface area contributed by atoms with Gasteiger partial charge >= 0.3 is 0 Å². The second-order valence-corrected chi connectivity index (χ2v) is 6.19. The molecule has 2 aliphatic rings. The number of anilines is 1. The van der Waals surface area contributed by atoms with Gasteiger partial charge in [-0.15, -0.1) is 0 Å². The lowest BCUT2D eigenvalue weighted by Crippen LogP contribution is -2.35. The van der Waals surface area contributed by atoms with Crippen LogP contribution >= 0.6 is 0 Å². The van der Waals surface area contributed by atoms with E-state index in [0.717, 1.165) is 18.4 Å². The van der Waals surface area contributed by atoms with E-state index in [9.17, 15) is 4.79 Å². The monoisotopic (exact) mass is 262 g/mol. The van der Waals surface area contributed by atoms with Crippen molar-refractivity contribution in [1.82, 2.24) is 14.7 Å². The Morgan fingerprint density at radius 1 is 1.53 bits per heavy atom. The molecule has 2 fully saturated rings. The van der Waals surface area contributed by atoms with E-state index in [1.807, 2.05) is 11.9 Å². The third kappa shape index (κ3) is 2.11. The molecule has 2 N–H and O–H groups in total. The molecule has 3 unspecified atom stereocenters. The van der Waals surface area contributed by atoms with Crippen LogP contribution < -0.4 is 5.73 Å². The molecule has 0 aromatic carbocycles. The lowest BCUT2D eigenvalue weighted by Gasteiger charge is -2.27. The summed E-state index contributed by atoms with van der Waals surface area (Å²) < 4.78 is 1.56. The molecule has 2 bridgehead atoms. The van der Waals surface area contributed by atoms with Crippen LogP contribution in [0.25, 0.3) is 0 Å². The number of hydrogen-bond acceptors (Lipinski definition) is 3. The van der Waals surface area contributed by atoms with Crippen LogP contribution in [0.15, 0.2) is 6.20 Å². The van der Waals surface area contributed by atoms with Gasteiger partial charge in [-0.2, -0.15) is 5.10 Å². The Labute approximate surface area is 113 Å². The highest BCUT2D eigenvalue weighted by atomic mass is 16.2. The van der Waals surface area contributed by atoms with Gasteiger partial charge in [0.25, 0.3) is 5.91 Å². The van der Waals surface area contributed by atoms with Gasteiger partial charge in [0.1, 0.15) is 5.69 Å². The van der Waals surface area contributed by atoms with E-state index in [-0.39, 0.29) is 5.91 Å². The van der Waals surface area contributed by atoms with Crippen LogP contribution in [0.3, 0.4) is 0 Å². The van der Waals surface area contributed by atoms with E-state index < -0.39 is 0 Å². The molecule has 0 saturated heterocycles. The second kappa shape index (κ2) is 4.54. The number of rotatable bonds is 3. The topological polar surface area (TPSA) is 64.2 Å². The number of aryl methyl sites for hydroxylation is 1. The number of aromatic nitrogens is 2. The minimum atomic E-state index is -0.0136. The molecule has 1 amide bonds. The number of fused-ring (bicyclic) bond motifs is 2. The van der Waals surface area contributed by atoms with Crippen LogP contribution in [0.5, 0.6) is 0 Å². The van der Waals surface area contributed by atoms with Gasteiger partial charge in [0, 0.05) is 20.6 Å². The Kier molecular flexibility index (Phi) is 2.99. The van der Waals surface area contributed by atoms with Crippen LogP contribution in [-0.2, 0) is 7.05 Å². The van der Waals surface area contributed by atoms with Gasteiger partial charge < -0.3 is 10.6 Å². The molecule has 2 aliphatic carbocycles. The normalized spacial score (nSPS) is 28.8. The quantitative estimate of drug-likeness (QED) is 0.898. The summed E-state index contributed by atoms with van der Waals surface area (Å²) in [4.78, 5) is 14.2. The summed E-state index contributed by atoms with van der Waals surface area (Å²) in [7, 11) is 3.63. The summed E-state index contributed by atoms with van der Waals surface area (Å²) in [5, 5.41) is 4.03. The summed E-state index contributed by atoms with van der Waals surface area (Å²) in [6.07, 6.45) is 6.96. The predicted octanol–water partition coefficient (Wildman–Crippen LogP) is 1.51. The van der Waals surface area contributed by atoms with Crippen molar-refractivity contribution >= 4 is 11.6 Å². The van der Waals surface area contributed by atoms with Crippen molar-refractivity contribution in [2.45, 2.75) is 25.7 Å². The number of carbonyl (C=O) groups is 1. The van der Waals surface area contributed by atoms with Crippen LogP contribution in [0, 0.1) is 17.8 Å². The maximum Gasteiger partial charge on any atom is 0.274 e. The number of carbonyl (C=O) groups excluding carboxylic acids is 1. The first kappa shape index (κ1) is 12.5. The number of hydrogen-bond donors (Lipinski definition) is 1. The lowest BCUT2D eigenvalue weighted by molar-refractivity contribution is 0.0744. The number of nitrogens with two attached hydrogens (primary N) is 1. The first-order chi connectivity index (χ1) is 9.06. The van der Waals surface area contributed by atoms with Gasteiger partial charge in [0.05, 0.1) is 11.9 Å². The number of nitrogens with zero attached hydrogens (tertiary/aromatic N) is 3. The minimum Gasteiger partial charge on any atom is -0.396 e. The molecular formula is C14H22N4O. The SMILES string of the molecule is CN(CC1CC2CCC1C2)C(=O)c1c(N)cnn1C. The molecule has 0 aliphatic heterocycles. The molecule has 2 saturated carbocycles. The van der Waals surface area contributed by atoms with Gasteiger partial charge in [0.2, 0.25) is 0 Å². The van der Waals surface area contributed by atoms with E-state index >= 15 is 0 Å². The highest BCUT2D eigenvalue weighted by Crippen LogP contribution is 2.48. The van der Waals surface area contributed by atoms with Crippen LogP contribution in [0.4, 0.5) is 5.69 Å². The molecule has 0 radical (unpaired) electrons. The Balaban J connectivity index is 1.67. The fourth-order valence-corrected chi connectivity index (χ4v) is 3.93. The van der Waals surface area contributed by atoms with Crippen LogP contribution in [0.2, 0.25) is 0 Å². The Bertz CT molecular complexity index is 476. The number of amides is 1. The largest absolute Gasteiger partial charge is 0.396 e. The zero-order valence-electron chi connectivity index (χ0n) is 11.7. The Morgan fingerprint density at radius 3 is 2.84 bits per heavy atom. The zero-order chi connectivity index (χ0) is 13.6. The lowest BCUT2D eigenvalue weighted by atomic mass is 9.88. The molecule has 3 atom stereocenters. The Hall–Kier alpha value is -1.52. The van der Waals surface area contributed by atoms with Crippen molar-refractivity contribution in [3.63, 3.8) is 0 Å². The fourth-order valence-electron chi connectivity index (χ4n) is 3.93. The maximum atomic E-state index is 12.4. The number of nitrogen functional groups attached to an aromatic ring is 1. The van der Waals surface area contributed by atoms with Crippen molar-refractivity contribution < 1.29 is 4.79 Å². The van der Waals surface area contributed by atoms with E-state index in [4.69, 9.17) is 5.73 Å². The van der Waals surface area contributed by atoms with E-state index in [0.29, 0.717) is 17.3 Å². The summed E-state index contributed by atoms with van der Waals surface area (Å²) in [5.74, 6) is 2.42. The van der Waals surface area contributed by atoms with Crippen LogP contribution in [0.1, 0.15) is 36.2 Å². The molecule has 5 nitrogen and oxygen atoms in total. The molecular weight excluding hydrogens is 240 g/mol. The summed E-state index contributed by atoms with van der Waals surface area (Å²) >= 11 is 0. The Morgan fingerprint density at radius 2 is 2.32 bits per heavy atom. The molecule has 1 heterocycles. The predicted molar refractivity (Wildman–Crippen MR) is 73.5 cm³/mol. The summed E-state index contributed by atoms with van der Waals surface area (Å²) in [6.45, 7) is 0.852. The van der Waals surface area contributed by atoms with Crippen molar-refractivity contribution in [2.24, 2.45) is 24.8 Å². The van der Waals surface area contributed by atoms with Crippen molar-refractivity contribution in [2.75, 3.05) is 19.3 Å². The smallest absolute Gasteiger partial charge is 0.274 e. The first-order valence-corrected chi connectivity index (χ1v) is 7.09. The average molecular weight is 262 g/mol. The van der Waals surface area contributed by atoms with E-state index in [1.54, 1.807) is 17.9 Å². The van der Waals surface area contributed by atoms with Crippen molar-refractivity contribution in [1.29, 1.82) is 0 Å². The molecule has 1 aromatic heterocycles. The molecule has 104 valence electrons. The third-order valence-corrected chi connectivity index (χ3v) is 4.91. The highest BCUT2D eigenvalue weighted by Gasteiger charge is 2.40. The summed E-state index contributed by atoms with van der Waals surface area (Å²) in [5.41, 5.74) is 6.79. The van der Waals surface area contributed by atoms with Crippen LogP contribution in [-0.4, -0.2) is 34.2 Å². The molecule has 1 aromatic rings. The fraction of sp³-hybridized carbons (Fsp3) is 0.714. The molecule has 5 heteroatoms. The van der Waals surface area contributed by atoms with Crippen molar-refractivity contribution in [3.8, 4) is 0 Å². The van der Waals surface area contributed by atoms with Gasteiger partial charge in [-0.05, 0) is 37.0 Å². The third-order valence-electron chi connectivity index (χ3n) is 4.91. The minimum absolute atomic E-state index is 0.0136. The maximum absolute atomic E-state index is 12.4. The second-order valence-electron chi connectivity index (χ2n) is 6.19. The molecule has 19 heavy (non-hydrogen) atoms. The van der Waals surface area contributed by atoms with E-state index in [2.05, 4.69) is 5.10 Å². The van der Waals surface area contributed by atoms with Crippen molar-refractivity contribution in [3.05, 3.63) is 11.9 Å². The zero-order valence-corrected chi connectivity index (χ0v) is 11.7. The van der Waals surface area contributed by atoms with Gasteiger partial charge in [0.15, 0.2) is 0 Å². The van der Waals surface area contributed by atoms with Gasteiger partial charge in [-0.3, -0.25) is 9.48 Å². The average Bonchev–Trinajstić information content (AvgIpc) is 3.05. The molecule has 0 spiro atoms. The van der Waals surface area contributed by atoms with Gasteiger partial charge in [-0.1, -0.05) is 6.42 Å². The molecule has 3 rings (SSSR count). The summed E-state index contributed by atoms with van der Waals surface area (Å²) in [6, 6.07) is 0. The standard InChI is InChI=1S/C14H22N4O/c1-17(8-11-6-9-3-4-10(11)5-9)14(19)13-12(15)7-16-18(13)2/h7,9-11H,3-6,8,15H2,1-2H3. The van der Waals surface area contributed by atoms with E-state index in [1.165, 1.54) is 25.7 Å². The highest BCUT2D eigenvalue weighted by molar-refractivity contribution is 5.97.